The van der Waals surface area contributed by atoms with Gasteiger partial charge in [-0.2, -0.15) is 0 Å². The monoisotopic (exact) mass is 490 g/mol. The maximum Gasteiger partial charge on any atom is 0.196 e. The first-order valence-electron chi connectivity index (χ1n) is 11.7. The molecular formula is C27H27FN4O2S. The molecule has 1 saturated heterocycles. The standard InChI is InChI=1S/C27H27FN4O2S/c1-18-15-24(19(2)31(18)16-23-9-6-14-34-23)25(33)17-35-27-30-29-26(20-7-4-3-5-8-20)32(27)22-12-10-21(28)11-13-22/h3-5,7-8,10-13,15,23H,6,9,14,16-17H2,1-2H3. The quantitative estimate of drug-likeness (QED) is 0.236. The van der Waals surface area contributed by atoms with Crippen molar-refractivity contribution in [2.45, 2.75) is 44.5 Å². The van der Waals surface area contributed by atoms with Crippen LogP contribution in [0.2, 0.25) is 0 Å². The molecule has 0 spiro atoms. The van der Waals surface area contributed by atoms with Crippen molar-refractivity contribution in [3.63, 3.8) is 0 Å². The van der Waals surface area contributed by atoms with Gasteiger partial charge in [0.1, 0.15) is 5.82 Å². The summed E-state index contributed by atoms with van der Waals surface area (Å²) < 4.78 is 23.4. The van der Waals surface area contributed by atoms with Gasteiger partial charge < -0.3 is 9.30 Å². The highest BCUT2D eigenvalue weighted by molar-refractivity contribution is 7.99. The van der Waals surface area contributed by atoms with E-state index in [0.717, 1.165) is 54.2 Å². The lowest BCUT2D eigenvalue weighted by Gasteiger charge is -2.14. The molecule has 0 saturated carbocycles. The highest BCUT2D eigenvalue weighted by Gasteiger charge is 2.22. The van der Waals surface area contributed by atoms with Crippen LogP contribution < -0.4 is 0 Å². The van der Waals surface area contributed by atoms with Crippen LogP contribution >= 0.6 is 11.8 Å². The third kappa shape index (κ3) is 4.94. The molecular weight excluding hydrogens is 463 g/mol. The largest absolute Gasteiger partial charge is 0.376 e. The van der Waals surface area contributed by atoms with Crippen molar-refractivity contribution in [2.75, 3.05) is 12.4 Å². The summed E-state index contributed by atoms with van der Waals surface area (Å²) in [7, 11) is 0. The molecule has 5 rings (SSSR count). The van der Waals surface area contributed by atoms with Crippen molar-refractivity contribution in [1.29, 1.82) is 0 Å². The molecule has 3 heterocycles. The molecule has 35 heavy (non-hydrogen) atoms. The fourth-order valence-electron chi connectivity index (χ4n) is 4.52. The summed E-state index contributed by atoms with van der Waals surface area (Å²) in [6.07, 6.45) is 2.35. The number of nitrogens with zero attached hydrogens (tertiary/aromatic N) is 4. The first-order valence-corrected chi connectivity index (χ1v) is 12.7. The number of benzene rings is 2. The van der Waals surface area contributed by atoms with E-state index in [-0.39, 0.29) is 23.5 Å². The fraction of sp³-hybridized carbons (Fsp3) is 0.296. The van der Waals surface area contributed by atoms with Gasteiger partial charge in [0.25, 0.3) is 0 Å². The molecule has 0 N–H and O–H groups in total. The second-order valence-electron chi connectivity index (χ2n) is 8.73. The lowest BCUT2D eigenvalue weighted by atomic mass is 10.2. The molecule has 2 aromatic carbocycles. The van der Waals surface area contributed by atoms with Crippen molar-refractivity contribution in [1.82, 2.24) is 19.3 Å². The van der Waals surface area contributed by atoms with Gasteiger partial charge in [0.15, 0.2) is 16.8 Å². The minimum absolute atomic E-state index is 0.0385. The molecule has 180 valence electrons. The van der Waals surface area contributed by atoms with Gasteiger partial charge in [0.2, 0.25) is 0 Å². The number of carbonyl (C=O) groups is 1. The second kappa shape index (κ2) is 10.2. The van der Waals surface area contributed by atoms with Crippen LogP contribution in [0.3, 0.4) is 0 Å². The number of thioether (sulfide) groups is 1. The van der Waals surface area contributed by atoms with Gasteiger partial charge in [-0.1, -0.05) is 42.1 Å². The zero-order valence-corrected chi connectivity index (χ0v) is 20.6. The lowest BCUT2D eigenvalue weighted by Crippen LogP contribution is -2.17. The van der Waals surface area contributed by atoms with Crippen molar-refractivity contribution >= 4 is 17.5 Å². The Morgan fingerprint density at radius 2 is 1.89 bits per heavy atom. The van der Waals surface area contributed by atoms with Crippen LogP contribution in [0.1, 0.15) is 34.6 Å². The van der Waals surface area contributed by atoms with Crippen LogP contribution in [-0.4, -0.2) is 43.6 Å². The minimum atomic E-state index is -0.314. The van der Waals surface area contributed by atoms with Crippen molar-refractivity contribution in [3.05, 3.63) is 83.4 Å². The Morgan fingerprint density at radius 1 is 1.11 bits per heavy atom. The average molecular weight is 491 g/mol. The topological polar surface area (TPSA) is 61.9 Å². The van der Waals surface area contributed by atoms with Crippen LogP contribution in [-0.2, 0) is 11.3 Å². The number of hydrogen-bond acceptors (Lipinski definition) is 5. The number of hydrogen-bond donors (Lipinski definition) is 0. The van der Waals surface area contributed by atoms with Crippen molar-refractivity contribution in [3.8, 4) is 17.1 Å². The number of halogens is 1. The van der Waals surface area contributed by atoms with Crippen molar-refractivity contribution < 1.29 is 13.9 Å². The van der Waals surface area contributed by atoms with Crippen molar-refractivity contribution in [2.24, 2.45) is 0 Å². The molecule has 1 atom stereocenters. The number of ether oxygens (including phenoxy) is 1. The fourth-order valence-corrected chi connectivity index (χ4v) is 5.36. The van der Waals surface area contributed by atoms with Gasteiger partial charge in [-0.3, -0.25) is 9.36 Å². The van der Waals surface area contributed by atoms with Gasteiger partial charge in [-0.05, 0) is 57.0 Å². The second-order valence-corrected chi connectivity index (χ2v) is 9.67. The molecule has 0 amide bonds. The Balaban J connectivity index is 1.39. The summed E-state index contributed by atoms with van der Waals surface area (Å²) in [6.45, 7) is 5.61. The molecule has 1 unspecified atom stereocenters. The van der Waals surface area contributed by atoms with E-state index in [1.54, 1.807) is 12.1 Å². The third-order valence-electron chi connectivity index (χ3n) is 6.37. The van der Waals surface area contributed by atoms with Crippen LogP contribution in [0.4, 0.5) is 4.39 Å². The van der Waals surface area contributed by atoms with Gasteiger partial charge in [0, 0.05) is 41.4 Å². The highest BCUT2D eigenvalue weighted by atomic mass is 32.2. The van der Waals surface area contributed by atoms with E-state index < -0.39 is 0 Å². The van der Waals surface area contributed by atoms with E-state index in [1.807, 2.05) is 54.8 Å². The molecule has 0 aliphatic carbocycles. The zero-order chi connectivity index (χ0) is 24.4. The summed E-state index contributed by atoms with van der Waals surface area (Å²) in [5, 5.41) is 9.36. The Labute approximate surface area is 208 Å². The Bertz CT molecular complexity index is 1330. The Kier molecular flexibility index (Phi) is 6.83. The molecule has 0 radical (unpaired) electrons. The number of rotatable bonds is 8. The van der Waals surface area contributed by atoms with E-state index >= 15 is 0 Å². The van der Waals surface area contributed by atoms with Crippen LogP contribution in [0.15, 0.2) is 65.8 Å². The van der Waals surface area contributed by atoms with Gasteiger partial charge in [0.05, 0.1) is 11.9 Å². The van der Waals surface area contributed by atoms with Gasteiger partial charge in [-0.25, -0.2) is 4.39 Å². The average Bonchev–Trinajstić information content (AvgIpc) is 3.60. The highest BCUT2D eigenvalue weighted by Crippen LogP contribution is 2.29. The summed E-state index contributed by atoms with van der Waals surface area (Å²) in [5.74, 6) is 0.586. The van der Waals surface area contributed by atoms with Gasteiger partial charge >= 0.3 is 0 Å². The summed E-state index contributed by atoms with van der Waals surface area (Å²) in [4.78, 5) is 13.2. The Morgan fingerprint density at radius 3 is 2.60 bits per heavy atom. The van der Waals surface area contributed by atoms with Gasteiger partial charge in [-0.15, -0.1) is 10.2 Å². The molecule has 1 aliphatic rings. The molecule has 6 nitrogen and oxygen atoms in total. The predicted octanol–water partition coefficient (Wildman–Crippen LogP) is 5.65. The first kappa shape index (κ1) is 23.5. The summed E-state index contributed by atoms with van der Waals surface area (Å²) in [5.41, 5.74) is 4.38. The first-order chi connectivity index (χ1) is 17.0. The summed E-state index contributed by atoms with van der Waals surface area (Å²) >= 11 is 1.33. The zero-order valence-electron chi connectivity index (χ0n) is 19.8. The lowest BCUT2D eigenvalue weighted by molar-refractivity contribution is 0.0957. The SMILES string of the molecule is Cc1cc(C(=O)CSc2nnc(-c3ccccc3)n2-c2ccc(F)cc2)c(C)n1CC1CCCO1. The number of aryl methyl sites for hydroxylation is 1. The van der Waals surface area contributed by atoms with E-state index in [9.17, 15) is 9.18 Å². The molecule has 2 aromatic heterocycles. The predicted molar refractivity (Wildman–Crippen MR) is 135 cm³/mol. The third-order valence-corrected chi connectivity index (χ3v) is 7.30. The number of Topliss-reactive ketones (excluding diaryl/α,β-unsaturated/α-hetero) is 1. The van der Waals surface area contributed by atoms with E-state index in [0.29, 0.717) is 11.0 Å². The minimum Gasteiger partial charge on any atom is -0.376 e. The maximum atomic E-state index is 13.6. The smallest absolute Gasteiger partial charge is 0.196 e. The summed E-state index contributed by atoms with van der Waals surface area (Å²) in [6, 6.07) is 17.9. The van der Waals surface area contributed by atoms with E-state index in [2.05, 4.69) is 14.8 Å². The van der Waals surface area contributed by atoms with E-state index in [4.69, 9.17) is 4.74 Å². The molecule has 8 heteroatoms. The van der Waals surface area contributed by atoms with Crippen LogP contribution in [0.25, 0.3) is 17.1 Å². The Hall–Kier alpha value is -3.23. The number of aromatic nitrogens is 4. The molecule has 0 bridgehead atoms. The number of carbonyl (C=O) groups excluding carboxylic acids is 1. The maximum absolute atomic E-state index is 13.6. The molecule has 4 aromatic rings. The van der Waals surface area contributed by atoms with E-state index in [1.165, 1.54) is 23.9 Å². The number of ketones is 1. The van der Waals surface area contributed by atoms with Crippen LogP contribution in [0.5, 0.6) is 0 Å². The molecule has 1 fully saturated rings. The normalized spacial score (nSPS) is 15.6. The van der Waals surface area contributed by atoms with Crippen LogP contribution in [0, 0.1) is 19.7 Å². The molecule has 1 aliphatic heterocycles.